The highest BCUT2D eigenvalue weighted by Gasteiger charge is 2.09. The normalized spacial score (nSPS) is 11.0. The average molecular weight is 417 g/mol. The number of nitrogens with one attached hydrogen (secondary N) is 1. The summed E-state index contributed by atoms with van der Waals surface area (Å²) >= 11 is 5.33. The lowest BCUT2D eigenvalue weighted by atomic mass is 10.2. The van der Waals surface area contributed by atoms with E-state index < -0.39 is 0 Å². The summed E-state index contributed by atoms with van der Waals surface area (Å²) in [5.41, 5.74) is 2.90. The van der Waals surface area contributed by atoms with Crippen molar-refractivity contribution in [1.29, 1.82) is 0 Å². The molecule has 0 aliphatic rings. The number of methoxy groups -OCH3 is 1. The molecule has 4 rings (SSSR count). The summed E-state index contributed by atoms with van der Waals surface area (Å²) in [5.74, 6) is 2.15. The Balaban J connectivity index is 1.49. The molecule has 0 aliphatic carbocycles. The molecule has 0 fully saturated rings. The molecule has 0 atom stereocenters. The highest BCUT2D eigenvalue weighted by atomic mass is 32.1. The lowest BCUT2D eigenvalue weighted by molar-refractivity contribution is 0.306. The van der Waals surface area contributed by atoms with Gasteiger partial charge in [-0.05, 0) is 59.7 Å². The van der Waals surface area contributed by atoms with Crippen molar-refractivity contribution in [2.75, 3.05) is 7.11 Å². The first kappa shape index (κ1) is 19.6. The molecule has 0 bridgehead atoms. The predicted octanol–water partition coefficient (Wildman–Crippen LogP) is 5.08. The first-order chi connectivity index (χ1) is 14.7. The van der Waals surface area contributed by atoms with Crippen LogP contribution >= 0.6 is 12.2 Å². The molecule has 1 N–H and O–H groups in total. The van der Waals surface area contributed by atoms with E-state index in [2.05, 4.69) is 15.3 Å². The van der Waals surface area contributed by atoms with Crippen molar-refractivity contribution in [1.82, 2.24) is 14.9 Å². The minimum atomic E-state index is 0.409. The van der Waals surface area contributed by atoms with Crippen LogP contribution in [0.2, 0.25) is 0 Å². The number of nitrogens with zero attached hydrogens (tertiary/aromatic N) is 3. The number of ether oxygens (including phenoxy) is 2. The largest absolute Gasteiger partial charge is 0.497 e. The first-order valence-electron chi connectivity index (χ1n) is 9.36. The van der Waals surface area contributed by atoms with Crippen molar-refractivity contribution in [2.45, 2.75) is 6.61 Å². The molecule has 0 spiro atoms. The van der Waals surface area contributed by atoms with Gasteiger partial charge < -0.3 is 9.47 Å². The van der Waals surface area contributed by atoms with Gasteiger partial charge in [0.25, 0.3) is 0 Å². The Hall–Kier alpha value is -3.71. The van der Waals surface area contributed by atoms with Crippen LogP contribution in [-0.2, 0) is 6.61 Å². The van der Waals surface area contributed by atoms with Gasteiger partial charge in [0.2, 0.25) is 4.77 Å². The maximum Gasteiger partial charge on any atom is 0.216 e. The fourth-order valence-corrected chi connectivity index (χ4v) is 3.04. The molecule has 0 unspecified atom stereocenters. The summed E-state index contributed by atoms with van der Waals surface area (Å²) in [6.07, 6.45) is 1.73. The van der Waals surface area contributed by atoms with Gasteiger partial charge in [-0.2, -0.15) is 14.9 Å². The van der Waals surface area contributed by atoms with Crippen LogP contribution in [0.15, 0.2) is 84.0 Å². The Morgan fingerprint density at radius 3 is 2.57 bits per heavy atom. The Kier molecular flexibility index (Phi) is 6.01. The van der Waals surface area contributed by atoms with Crippen LogP contribution in [-0.4, -0.2) is 28.2 Å². The van der Waals surface area contributed by atoms with E-state index in [0.717, 1.165) is 28.2 Å². The van der Waals surface area contributed by atoms with E-state index in [9.17, 15) is 0 Å². The van der Waals surface area contributed by atoms with Crippen molar-refractivity contribution in [2.24, 2.45) is 5.10 Å². The zero-order valence-corrected chi connectivity index (χ0v) is 17.2. The number of benzene rings is 3. The predicted molar refractivity (Wildman–Crippen MR) is 120 cm³/mol. The first-order valence-corrected chi connectivity index (χ1v) is 9.77. The minimum Gasteiger partial charge on any atom is -0.497 e. The summed E-state index contributed by atoms with van der Waals surface area (Å²) in [7, 11) is 1.63. The molecule has 0 saturated carbocycles. The quantitative estimate of drug-likeness (QED) is 0.337. The van der Waals surface area contributed by atoms with Gasteiger partial charge in [0, 0.05) is 5.56 Å². The number of aromatic amines is 1. The van der Waals surface area contributed by atoms with Crippen molar-refractivity contribution in [3.63, 3.8) is 0 Å². The van der Waals surface area contributed by atoms with Gasteiger partial charge in [0.1, 0.15) is 18.1 Å². The zero-order chi connectivity index (χ0) is 20.8. The molecule has 30 heavy (non-hydrogen) atoms. The third kappa shape index (κ3) is 4.64. The molecular weight excluding hydrogens is 396 g/mol. The molecule has 6 nitrogen and oxygen atoms in total. The van der Waals surface area contributed by atoms with Crippen LogP contribution in [0.3, 0.4) is 0 Å². The fraction of sp³-hybridized carbons (Fsp3) is 0.0870. The van der Waals surface area contributed by atoms with Gasteiger partial charge in [-0.1, -0.05) is 42.5 Å². The van der Waals surface area contributed by atoms with Crippen LogP contribution in [0.4, 0.5) is 0 Å². The highest BCUT2D eigenvalue weighted by Crippen LogP contribution is 2.22. The Labute approximate surface area is 179 Å². The van der Waals surface area contributed by atoms with Gasteiger partial charge in [-0.25, -0.2) is 5.10 Å². The van der Waals surface area contributed by atoms with Gasteiger partial charge >= 0.3 is 0 Å². The van der Waals surface area contributed by atoms with E-state index in [4.69, 9.17) is 21.7 Å². The molecule has 4 aromatic rings. The smallest absolute Gasteiger partial charge is 0.216 e. The molecule has 0 amide bonds. The van der Waals surface area contributed by atoms with Crippen LogP contribution in [0.25, 0.3) is 11.4 Å². The Morgan fingerprint density at radius 1 is 1.00 bits per heavy atom. The number of rotatable bonds is 7. The van der Waals surface area contributed by atoms with Gasteiger partial charge in [-0.3, -0.25) is 0 Å². The Bertz CT molecular complexity index is 1200. The molecular formula is C23H20N4O2S. The average Bonchev–Trinajstić information content (AvgIpc) is 3.18. The molecule has 7 heteroatoms. The van der Waals surface area contributed by atoms with Crippen LogP contribution in [0.1, 0.15) is 11.1 Å². The van der Waals surface area contributed by atoms with Crippen LogP contribution < -0.4 is 9.47 Å². The Morgan fingerprint density at radius 2 is 1.80 bits per heavy atom. The minimum absolute atomic E-state index is 0.409. The zero-order valence-electron chi connectivity index (χ0n) is 16.4. The molecule has 0 aliphatic heterocycles. The highest BCUT2D eigenvalue weighted by molar-refractivity contribution is 7.71. The maximum atomic E-state index is 5.82. The van der Waals surface area contributed by atoms with Gasteiger partial charge in [0.15, 0.2) is 5.82 Å². The molecule has 0 saturated heterocycles. The van der Waals surface area contributed by atoms with E-state index in [0.29, 0.717) is 17.2 Å². The summed E-state index contributed by atoms with van der Waals surface area (Å²) in [4.78, 5) is 0. The lowest BCUT2D eigenvalue weighted by Gasteiger charge is -2.06. The fourth-order valence-electron chi connectivity index (χ4n) is 2.86. The summed E-state index contributed by atoms with van der Waals surface area (Å²) < 4.78 is 13.1. The molecule has 1 aromatic heterocycles. The standard InChI is InChI=1S/C23H20N4O2S/c1-28-21-9-5-8-19(14-21)22-25-26-23(30)27(22)24-15-17-10-12-20(13-11-17)29-16-18-6-3-2-4-7-18/h2-15H,16H2,1H3,(H,26,30)/b24-15-. The van der Waals surface area contributed by atoms with E-state index in [1.54, 1.807) is 18.0 Å². The maximum absolute atomic E-state index is 5.82. The second-order valence-electron chi connectivity index (χ2n) is 6.48. The third-order valence-electron chi connectivity index (χ3n) is 4.43. The van der Waals surface area contributed by atoms with E-state index >= 15 is 0 Å². The number of hydrogen-bond donors (Lipinski definition) is 1. The summed E-state index contributed by atoms with van der Waals surface area (Å²) in [6, 6.07) is 25.4. The van der Waals surface area contributed by atoms with Crippen molar-refractivity contribution in [3.8, 4) is 22.9 Å². The molecule has 0 radical (unpaired) electrons. The lowest BCUT2D eigenvalue weighted by Crippen LogP contribution is -1.96. The van der Waals surface area contributed by atoms with Crippen LogP contribution in [0, 0.1) is 4.77 Å². The van der Waals surface area contributed by atoms with E-state index in [1.807, 2.05) is 78.9 Å². The van der Waals surface area contributed by atoms with Crippen LogP contribution in [0.5, 0.6) is 11.5 Å². The topological polar surface area (TPSA) is 64.4 Å². The van der Waals surface area contributed by atoms with Gasteiger partial charge in [-0.15, -0.1) is 0 Å². The monoisotopic (exact) mass is 416 g/mol. The molecule has 3 aromatic carbocycles. The number of hydrogen-bond acceptors (Lipinski definition) is 5. The van der Waals surface area contributed by atoms with Gasteiger partial charge in [0.05, 0.1) is 13.3 Å². The summed E-state index contributed by atoms with van der Waals surface area (Å²) in [5, 5.41) is 11.6. The molecule has 150 valence electrons. The van der Waals surface area contributed by atoms with Crippen molar-refractivity contribution >= 4 is 18.4 Å². The van der Waals surface area contributed by atoms with E-state index in [-0.39, 0.29) is 0 Å². The number of aromatic nitrogens is 3. The third-order valence-corrected chi connectivity index (χ3v) is 4.69. The SMILES string of the molecule is COc1cccc(-c2n[nH]c(=S)n2/N=C\c2ccc(OCc3ccccc3)cc2)c1. The summed E-state index contributed by atoms with van der Waals surface area (Å²) in [6.45, 7) is 0.530. The van der Waals surface area contributed by atoms with Crippen molar-refractivity contribution < 1.29 is 9.47 Å². The second kappa shape index (κ2) is 9.19. The van der Waals surface area contributed by atoms with Crippen molar-refractivity contribution in [3.05, 3.63) is 94.8 Å². The number of H-pyrrole nitrogens is 1. The van der Waals surface area contributed by atoms with E-state index in [1.165, 1.54) is 0 Å². The molecule has 1 heterocycles. The second-order valence-corrected chi connectivity index (χ2v) is 6.87.